The number of hydrogen-bond donors (Lipinski definition) is 1. The van der Waals surface area contributed by atoms with E-state index in [1.54, 1.807) is 7.11 Å². The van der Waals surface area contributed by atoms with Crippen LogP contribution < -0.4 is 5.73 Å². The molecule has 1 aromatic heterocycles. The Bertz CT molecular complexity index is 461. The minimum absolute atomic E-state index is 0.207. The van der Waals surface area contributed by atoms with Gasteiger partial charge in [0.05, 0.1) is 12.3 Å². The van der Waals surface area contributed by atoms with Crippen molar-refractivity contribution in [1.29, 1.82) is 0 Å². The summed E-state index contributed by atoms with van der Waals surface area (Å²) in [5, 5.41) is 0. The van der Waals surface area contributed by atoms with Gasteiger partial charge in [0.25, 0.3) is 0 Å². The molecule has 3 rings (SSSR count). The van der Waals surface area contributed by atoms with E-state index in [0.29, 0.717) is 5.95 Å². The minimum Gasteiger partial charge on any atom is -0.383 e. The highest BCUT2D eigenvalue weighted by molar-refractivity contribution is 5.37. The molecule has 2 aliphatic rings. The molecule has 1 fully saturated rings. The number of aromatic nitrogens is 2. The van der Waals surface area contributed by atoms with Gasteiger partial charge in [0.1, 0.15) is 0 Å². The van der Waals surface area contributed by atoms with Crippen LogP contribution in [0.2, 0.25) is 0 Å². The van der Waals surface area contributed by atoms with Crippen molar-refractivity contribution in [3.63, 3.8) is 0 Å². The molecular weight excluding hydrogens is 240 g/mol. The van der Waals surface area contributed by atoms with Gasteiger partial charge in [0.2, 0.25) is 5.95 Å². The molecule has 2 heterocycles. The highest BCUT2D eigenvalue weighted by Crippen LogP contribution is 2.43. The zero-order chi connectivity index (χ0) is 13.3. The maximum absolute atomic E-state index is 5.78. The van der Waals surface area contributed by atoms with Crippen LogP contribution in [-0.4, -0.2) is 48.2 Å². The van der Waals surface area contributed by atoms with E-state index in [9.17, 15) is 0 Å². The Morgan fingerprint density at radius 2 is 2.37 bits per heavy atom. The third-order valence-electron chi connectivity index (χ3n) is 4.53. The van der Waals surface area contributed by atoms with Crippen molar-refractivity contribution in [2.24, 2.45) is 0 Å². The fourth-order valence-corrected chi connectivity index (χ4v) is 3.59. The lowest BCUT2D eigenvalue weighted by atomic mass is 9.77. The number of nitrogens with zero attached hydrogens (tertiary/aromatic N) is 3. The number of piperidine rings is 1. The van der Waals surface area contributed by atoms with Crippen molar-refractivity contribution >= 4 is 5.95 Å². The van der Waals surface area contributed by atoms with E-state index >= 15 is 0 Å². The van der Waals surface area contributed by atoms with E-state index in [0.717, 1.165) is 26.1 Å². The summed E-state index contributed by atoms with van der Waals surface area (Å²) in [5.74, 6) is 0.411. The number of ether oxygens (including phenoxy) is 1. The SMILES string of the molecule is COCCN1CCCC2(CCc3cnc(N)nc32)C1. The lowest BCUT2D eigenvalue weighted by Gasteiger charge is -2.40. The predicted octanol–water partition coefficient (Wildman–Crippen LogP) is 0.985. The minimum atomic E-state index is 0.207. The summed E-state index contributed by atoms with van der Waals surface area (Å²) in [6.07, 6.45) is 6.64. The molecule has 1 unspecified atom stereocenters. The second-order valence-electron chi connectivity index (χ2n) is 5.75. The van der Waals surface area contributed by atoms with Crippen molar-refractivity contribution in [2.75, 3.05) is 39.1 Å². The van der Waals surface area contributed by atoms with Gasteiger partial charge in [0.15, 0.2) is 0 Å². The largest absolute Gasteiger partial charge is 0.383 e. The monoisotopic (exact) mass is 262 g/mol. The summed E-state index contributed by atoms with van der Waals surface area (Å²) < 4.78 is 5.20. The number of hydrogen-bond acceptors (Lipinski definition) is 5. The zero-order valence-corrected chi connectivity index (χ0v) is 11.6. The Balaban J connectivity index is 1.83. The van der Waals surface area contributed by atoms with Gasteiger partial charge in [-0.15, -0.1) is 0 Å². The number of nitrogen functional groups attached to an aromatic ring is 1. The molecule has 0 aromatic carbocycles. The molecule has 1 atom stereocenters. The average molecular weight is 262 g/mol. The van der Waals surface area contributed by atoms with Crippen LogP contribution in [-0.2, 0) is 16.6 Å². The van der Waals surface area contributed by atoms with E-state index in [4.69, 9.17) is 10.5 Å². The summed E-state index contributed by atoms with van der Waals surface area (Å²) in [6.45, 7) is 4.06. The third-order valence-corrected chi connectivity index (χ3v) is 4.53. The first-order valence-corrected chi connectivity index (χ1v) is 7.07. The first-order chi connectivity index (χ1) is 9.23. The lowest BCUT2D eigenvalue weighted by molar-refractivity contribution is 0.0993. The van der Waals surface area contributed by atoms with Gasteiger partial charge in [0, 0.05) is 31.8 Å². The Labute approximate surface area is 114 Å². The maximum Gasteiger partial charge on any atom is 0.220 e. The molecular formula is C14H22N4O. The van der Waals surface area contributed by atoms with Crippen molar-refractivity contribution in [2.45, 2.75) is 31.1 Å². The summed E-state index contributed by atoms with van der Waals surface area (Å²) in [4.78, 5) is 11.2. The summed E-state index contributed by atoms with van der Waals surface area (Å²) in [5.41, 5.74) is 8.49. The molecule has 2 N–H and O–H groups in total. The number of anilines is 1. The number of likely N-dealkylation sites (tertiary alicyclic amines) is 1. The van der Waals surface area contributed by atoms with Crippen LogP contribution >= 0.6 is 0 Å². The van der Waals surface area contributed by atoms with Gasteiger partial charge in [-0.05, 0) is 37.8 Å². The molecule has 0 amide bonds. The fraction of sp³-hybridized carbons (Fsp3) is 0.714. The van der Waals surface area contributed by atoms with E-state index in [1.165, 1.54) is 37.1 Å². The second-order valence-corrected chi connectivity index (χ2v) is 5.75. The van der Waals surface area contributed by atoms with E-state index in [1.807, 2.05) is 6.20 Å². The molecule has 1 aliphatic heterocycles. The fourth-order valence-electron chi connectivity index (χ4n) is 3.59. The highest BCUT2D eigenvalue weighted by Gasteiger charge is 2.43. The Kier molecular flexibility index (Phi) is 3.41. The Hall–Kier alpha value is -1.20. The number of nitrogens with two attached hydrogens (primary N) is 1. The van der Waals surface area contributed by atoms with Gasteiger partial charge in [-0.1, -0.05) is 0 Å². The zero-order valence-electron chi connectivity index (χ0n) is 11.6. The standard InChI is InChI=1S/C14H22N4O/c1-19-8-7-18-6-2-4-14(10-18)5-3-11-9-16-13(15)17-12(11)14/h9H,2-8,10H2,1H3,(H2,15,16,17). The number of aryl methyl sites for hydroxylation is 1. The number of methoxy groups -OCH3 is 1. The van der Waals surface area contributed by atoms with Crippen molar-refractivity contribution in [1.82, 2.24) is 14.9 Å². The van der Waals surface area contributed by atoms with Crippen molar-refractivity contribution in [3.8, 4) is 0 Å². The third kappa shape index (κ3) is 2.32. The van der Waals surface area contributed by atoms with Gasteiger partial charge in [-0.2, -0.15) is 0 Å². The summed E-state index contributed by atoms with van der Waals surface area (Å²) in [7, 11) is 1.76. The molecule has 104 valence electrons. The van der Waals surface area contributed by atoms with Gasteiger partial charge in [-0.25, -0.2) is 9.97 Å². The first kappa shape index (κ1) is 12.8. The number of fused-ring (bicyclic) bond motifs is 2. The van der Waals surface area contributed by atoms with Gasteiger partial charge in [-0.3, -0.25) is 0 Å². The smallest absolute Gasteiger partial charge is 0.220 e. The molecule has 5 nitrogen and oxygen atoms in total. The molecule has 0 saturated carbocycles. The van der Waals surface area contributed by atoms with Crippen LogP contribution in [0.15, 0.2) is 6.20 Å². The molecule has 5 heteroatoms. The van der Waals surface area contributed by atoms with Crippen LogP contribution in [0, 0.1) is 0 Å². The van der Waals surface area contributed by atoms with Gasteiger partial charge >= 0.3 is 0 Å². The first-order valence-electron chi connectivity index (χ1n) is 7.07. The topological polar surface area (TPSA) is 64.3 Å². The summed E-state index contributed by atoms with van der Waals surface area (Å²) in [6, 6.07) is 0. The molecule has 1 spiro atoms. The lowest BCUT2D eigenvalue weighted by Crippen LogP contribution is -2.46. The molecule has 0 bridgehead atoms. The van der Waals surface area contributed by atoms with Crippen molar-refractivity contribution in [3.05, 3.63) is 17.5 Å². The van der Waals surface area contributed by atoms with Gasteiger partial charge < -0.3 is 15.4 Å². The van der Waals surface area contributed by atoms with E-state index < -0.39 is 0 Å². The molecule has 0 radical (unpaired) electrons. The maximum atomic E-state index is 5.78. The predicted molar refractivity (Wildman–Crippen MR) is 74.0 cm³/mol. The average Bonchev–Trinajstić information content (AvgIpc) is 2.75. The van der Waals surface area contributed by atoms with Crippen molar-refractivity contribution < 1.29 is 4.74 Å². The normalized spacial score (nSPS) is 26.8. The summed E-state index contributed by atoms with van der Waals surface area (Å²) >= 11 is 0. The van der Waals surface area contributed by atoms with Crippen LogP contribution in [0.3, 0.4) is 0 Å². The molecule has 1 aromatic rings. The molecule has 19 heavy (non-hydrogen) atoms. The van der Waals surface area contributed by atoms with Crippen LogP contribution in [0.4, 0.5) is 5.95 Å². The molecule has 1 aliphatic carbocycles. The Morgan fingerprint density at radius 1 is 1.47 bits per heavy atom. The number of rotatable bonds is 3. The quantitative estimate of drug-likeness (QED) is 0.880. The second kappa shape index (κ2) is 5.06. The van der Waals surface area contributed by atoms with Crippen LogP contribution in [0.5, 0.6) is 0 Å². The van der Waals surface area contributed by atoms with E-state index in [2.05, 4.69) is 14.9 Å². The van der Waals surface area contributed by atoms with E-state index in [-0.39, 0.29) is 5.41 Å². The highest BCUT2D eigenvalue weighted by atomic mass is 16.5. The van der Waals surface area contributed by atoms with Crippen LogP contribution in [0.25, 0.3) is 0 Å². The Morgan fingerprint density at radius 3 is 3.21 bits per heavy atom. The van der Waals surface area contributed by atoms with Crippen LogP contribution in [0.1, 0.15) is 30.5 Å². The molecule has 1 saturated heterocycles.